The summed E-state index contributed by atoms with van der Waals surface area (Å²) in [4.78, 5) is 32.3. The minimum absolute atomic E-state index is 0.00779. The Labute approximate surface area is 117 Å². The maximum Gasteiger partial charge on any atom is 0.305 e. The van der Waals surface area contributed by atoms with Crippen LogP contribution >= 0.6 is 0 Å². The molecule has 0 aromatic heterocycles. The van der Waals surface area contributed by atoms with E-state index in [1.807, 2.05) is 0 Å². The summed E-state index contributed by atoms with van der Waals surface area (Å²) in [6.07, 6.45) is 0.819. The Morgan fingerprint density at radius 3 is 2.76 bits per heavy atom. The van der Waals surface area contributed by atoms with Gasteiger partial charge in [0, 0.05) is 25.1 Å². The van der Waals surface area contributed by atoms with Crippen LogP contribution in [0.1, 0.15) is 23.2 Å². The molecule has 21 heavy (non-hydrogen) atoms. The van der Waals surface area contributed by atoms with E-state index in [0.29, 0.717) is 25.0 Å². The maximum atomic E-state index is 13.8. The smallest absolute Gasteiger partial charge is 0.305 e. The van der Waals surface area contributed by atoms with E-state index in [9.17, 15) is 28.5 Å². The highest BCUT2D eigenvalue weighted by Crippen LogP contribution is 2.23. The summed E-state index contributed by atoms with van der Waals surface area (Å²) in [5.41, 5.74) is -1.98. The van der Waals surface area contributed by atoms with E-state index in [-0.39, 0.29) is 18.5 Å². The van der Waals surface area contributed by atoms with Gasteiger partial charge in [0.2, 0.25) is 11.7 Å². The Morgan fingerprint density at radius 2 is 2.19 bits per heavy atom. The lowest BCUT2D eigenvalue weighted by Crippen LogP contribution is -2.39. The Bertz CT molecular complexity index is 621. The van der Waals surface area contributed by atoms with E-state index in [1.54, 1.807) is 0 Å². The zero-order chi connectivity index (χ0) is 15.6. The number of nitrogens with zero attached hydrogens (tertiary/aromatic N) is 1. The third kappa shape index (κ3) is 3.12. The quantitative estimate of drug-likeness (QED) is 0.636. The van der Waals surface area contributed by atoms with Crippen molar-refractivity contribution < 1.29 is 23.3 Å². The molecule has 1 unspecified atom stereocenters. The second-order valence-electron chi connectivity index (χ2n) is 4.53. The van der Waals surface area contributed by atoms with Crippen LogP contribution in [0.15, 0.2) is 12.1 Å². The topological polar surface area (TPSA) is 101 Å². The van der Waals surface area contributed by atoms with E-state index in [0.717, 1.165) is 0 Å². The molecule has 1 aromatic rings. The van der Waals surface area contributed by atoms with Crippen molar-refractivity contribution in [3.63, 3.8) is 0 Å². The van der Waals surface area contributed by atoms with Crippen LogP contribution in [0, 0.1) is 21.7 Å². The zero-order valence-corrected chi connectivity index (χ0v) is 10.7. The van der Waals surface area contributed by atoms with Crippen molar-refractivity contribution in [1.29, 1.82) is 0 Å². The van der Waals surface area contributed by atoms with Crippen molar-refractivity contribution in [2.75, 3.05) is 6.54 Å². The molecule has 0 aliphatic carbocycles. The minimum Gasteiger partial charge on any atom is -0.352 e. The first-order valence-corrected chi connectivity index (χ1v) is 6.10. The molecule has 1 aromatic carbocycles. The van der Waals surface area contributed by atoms with Gasteiger partial charge in [-0.15, -0.1) is 0 Å². The highest BCUT2D eigenvalue weighted by Gasteiger charge is 2.27. The molecular weight excluding hydrogens is 288 g/mol. The first-order chi connectivity index (χ1) is 9.90. The standard InChI is InChI=1S/C12H11F2N3O4/c13-7-2-3-8(17(20)21)11(14)10(7)12(19)15-5-6-1-4-9(18)16-6/h2-3,6H,1,4-5H2,(H,15,19)(H,16,18). The lowest BCUT2D eigenvalue weighted by atomic mass is 10.1. The van der Waals surface area contributed by atoms with Gasteiger partial charge in [0.1, 0.15) is 11.4 Å². The predicted octanol–water partition coefficient (Wildman–Crippen LogP) is 0.881. The van der Waals surface area contributed by atoms with Crippen LogP contribution in [0.2, 0.25) is 0 Å². The summed E-state index contributed by atoms with van der Waals surface area (Å²) < 4.78 is 27.3. The van der Waals surface area contributed by atoms with Gasteiger partial charge in [-0.05, 0) is 12.5 Å². The third-order valence-corrected chi connectivity index (χ3v) is 3.09. The van der Waals surface area contributed by atoms with Crippen molar-refractivity contribution >= 4 is 17.5 Å². The van der Waals surface area contributed by atoms with E-state index >= 15 is 0 Å². The normalized spacial score (nSPS) is 17.4. The average Bonchev–Trinajstić information content (AvgIpc) is 2.82. The Kier molecular flexibility index (Phi) is 4.10. The van der Waals surface area contributed by atoms with Crippen molar-refractivity contribution in [2.24, 2.45) is 0 Å². The molecule has 1 saturated heterocycles. The zero-order valence-electron chi connectivity index (χ0n) is 10.7. The number of nitro groups is 1. The van der Waals surface area contributed by atoms with Gasteiger partial charge in [-0.1, -0.05) is 0 Å². The van der Waals surface area contributed by atoms with Crippen LogP contribution in [0.4, 0.5) is 14.5 Å². The SMILES string of the molecule is O=C1CCC(CNC(=O)c2c(F)ccc([N+](=O)[O-])c2F)N1. The summed E-state index contributed by atoms with van der Waals surface area (Å²) in [6.45, 7) is -0.00779. The second-order valence-corrected chi connectivity index (χ2v) is 4.53. The fraction of sp³-hybridized carbons (Fsp3) is 0.333. The summed E-state index contributed by atoms with van der Waals surface area (Å²) >= 11 is 0. The number of carbonyl (C=O) groups is 2. The largest absolute Gasteiger partial charge is 0.352 e. The number of rotatable bonds is 4. The molecule has 2 amide bonds. The number of carbonyl (C=O) groups excluding carboxylic acids is 2. The monoisotopic (exact) mass is 299 g/mol. The average molecular weight is 299 g/mol. The van der Waals surface area contributed by atoms with Gasteiger partial charge in [-0.2, -0.15) is 4.39 Å². The molecule has 0 spiro atoms. The van der Waals surface area contributed by atoms with Gasteiger partial charge in [-0.25, -0.2) is 4.39 Å². The summed E-state index contributed by atoms with van der Waals surface area (Å²) in [5, 5.41) is 15.4. The number of benzene rings is 1. The molecule has 112 valence electrons. The molecule has 9 heteroatoms. The summed E-state index contributed by atoms with van der Waals surface area (Å²) in [7, 11) is 0. The molecule has 1 aliphatic rings. The van der Waals surface area contributed by atoms with Crippen LogP contribution in [0.5, 0.6) is 0 Å². The molecule has 7 nitrogen and oxygen atoms in total. The summed E-state index contributed by atoms with van der Waals surface area (Å²) in [5.74, 6) is -3.98. The van der Waals surface area contributed by atoms with Gasteiger partial charge in [-0.3, -0.25) is 19.7 Å². The molecule has 0 saturated carbocycles. The van der Waals surface area contributed by atoms with Crippen molar-refractivity contribution in [3.8, 4) is 0 Å². The lowest BCUT2D eigenvalue weighted by Gasteiger charge is -2.12. The lowest BCUT2D eigenvalue weighted by molar-refractivity contribution is -0.387. The molecular formula is C12H11F2N3O4. The number of hydrogen-bond donors (Lipinski definition) is 2. The van der Waals surface area contributed by atoms with Gasteiger partial charge >= 0.3 is 5.69 Å². The number of hydrogen-bond acceptors (Lipinski definition) is 4. The van der Waals surface area contributed by atoms with Crippen LogP contribution in [-0.2, 0) is 4.79 Å². The van der Waals surface area contributed by atoms with Gasteiger partial charge in [0.05, 0.1) is 4.92 Å². The van der Waals surface area contributed by atoms with Crippen LogP contribution < -0.4 is 10.6 Å². The van der Waals surface area contributed by atoms with E-state index in [4.69, 9.17) is 0 Å². The Balaban J connectivity index is 2.13. The molecule has 1 aliphatic heterocycles. The van der Waals surface area contributed by atoms with Gasteiger partial charge < -0.3 is 10.6 Å². The summed E-state index contributed by atoms with van der Waals surface area (Å²) in [6, 6.07) is 0.998. The fourth-order valence-electron chi connectivity index (χ4n) is 2.03. The van der Waals surface area contributed by atoms with Crippen molar-refractivity contribution in [1.82, 2.24) is 10.6 Å². The number of halogens is 2. The number of nitrogens with one attached hydrogen (secondary N) is 2. The Morgan fingerprint density at radius 1 is 1.48 bits per heavy atom. The van der Waals surface area contributed by atoms with E-state index < -0.39 is 33.7 Å². The molecule has 0 radical (unpaired) electrons. The molecule has 1 heterocycles. The highest BCUT2D eigenvalue weighted by molar-refractivity contribution is 5.95. The maximum absolute atomic E-state index is 13.8. The van der Waals surface area contributed by atoms with Crippen LogP contribution in [-0.4, -0.2) is 29.3 Å². The molecule has 1 fully saturated rings. The third-order valence-electron chi connectivity index (χ3n) is 3.09. The van der Waals surface area contributed by atoms with E-state index in [1.165, 1.54) is 0 Å². The molecule has 2 rings (SSSR count). The van der Waals surface area contributed by atoms with Crippen molar-refractivity contribution in [2.45, 2.75) is 18.9 Å². The van der Waals surface area contributed by atoms with E-state index in [2.05, 4.69) is 10.6 Å². The van der Waals surface area contributed by atoms with Crippen LogP contribution in [0.3, 0.4) is 0 Å². The first kappa shape index (κ1) is 14.8. The minimum atomic E-state index is -1.52. The molecule has 0 bridgehead atoms. The number of amides is 2. The molecule has 1 atom stereocenters. The van der Waals surface area contributed by atoms with Crippen molar-refractivity contribution in [3.05, 3.63) is 39.4 Å². The van der Waals surface area contributed by atoms with Gasteiger partial charge in [0.25, 0.3) is 5.91 Å². The second kappa shape index (κ2) is 5.81. The first-order valence-electron chi connectivity index (χ1n) is 6.10. The molecule has 2 N–H and O–H groups in total. The predicted molar refractivity (Wildman–Crippen MR) is 66.5 cm³/mol. The Hall–Kier alpha value is -2.58. The number of nitro benzene ring substituents is 1. The highest BCUT2D eigenvalue weighted by atomic mass is 19.1. The van der Waals surface area contributed by atoms with Crippen LogP contribution in [0.25, 0.3) is 0 Å². The van der Waals surface area contributed by atoms with Gasteiger partial charge in [0.15, 0.2) is 0 Å². The fourth-order valence-corrected chi connectivity index (χ4v) is 2.03.